The maximum Gasteiger partial charge on any atom is 0.204 e. The lowest BCUT2D eigenvalue weighted by Gasteiger charge is -2.38. The smallest absolute Gasteiger partial charge is 0.204 e. The molecule has 0 spiro atoms. The number of nitrogens with zero attached hydrogens (tertiary/aromatic N) is 4. The van der Waals surface area contributed by atoms with E-state index in [1.165, 1.54) is 22.3 Å². The minimum absolute atomic E-state index is 0.0724. The second-order valence-electron chi connectivity index (χ2n) is 13.9. The molecule has 5 aromatic rings. The maximum atomic E-state index is 7.20. The van der Waals surface area contributed by atoms with Crippen LogP contribution in [0.25, 0.3) is 0 Å². The van der Waals surface area contributed by atoms with Crippen molar-refractivity contribution in [2.75, 3.05) is 55.6 Å². The lowest BCUT2D eigenvalue weighted by atomic mass is 9.84. The molecule has 0 N–H and O–H groups in total. The first-order chi connectivity index (χ1) is 25.4. The highest BCUT2D eigenvalue weighted by molar-refractivity contribution is 5.67. The highest BCUT2D eigenvalue weighted by atomic mass is 16.5. The quantitative estimate of drug-likeness (QED) is 0.180. The van der Waals surface area contributed by atoms with Crippen LogP contribution < -0.4 is 28.4 Å². The summed E-state index contributed by atoms with van der Waals surface area (Å²) in [4.78, 5) is 4.83. The van der Waals surface area contributed by atoms with Crippen LogP contribution >= 0.6 is 0 Å². The Labute approximate surface area is 305 Å². The number of hydrogen-bond donors (Lipinski definition) is 0. The fourth-order valence-corrected chi connectivity index (χ4v) is 8.23. The third kappa shape index (κ3) is 6.09. The Kier molecular flexibility index (Phi) is 9.19. The van der Waals surface area contributed by atoms with Crippen LogP contribution in [-0.4, -0.2) is 75.2 Å². The van der Waals surface area contributed by atoms with E-state index in [1.54, 1.807) is 34.6 Å². The molecule has 4 aromatic carbocycles. The third-order valence-corrected chi connectivity index (χ3v) is 11.0. The molecule has 1 aromatic heterocycles. The van der Waals surface area contributed by atoms with E-state index >= 15 is 0 Å². The van der Waals surface area contributed by atoms with Crippen LogP contribution in [0, 0.1) is 0 Å². The van der Waals surface area contributed by atoms with Crippen LogP contribution in [0.2, 0.25) is 0 Å². The van der Waals surface area contributed by atoms with Crippen molar-refractivity contribution >= 4 is 0 Å². The van der Waals surface area contributed by atoms with E-state index in [0.29, 0.717) is 53.2 Å². The van der Waals surface area contributed by atoms with Gasteiger partial charge in [0.05, 0.1) is 35.0 Å². The molecule has 9 rings (SSSR count). The van der Waals surface area contributed by atoms with E-state index in [2.05, 4.69) is 77.5 Å². The summed E-state index contributed by atoms with van der Waals surface area (Å²) >= 11 is 0. The van der Waals surface area contributed by atoms with E-state index in [-0.39, 0.29) is 12.1 Å². The van der Waals surface area contributed by atoms with Gasteiger partial charge in [-0.05, 0) is 110 Å². The molecule has 0 fully saturated rings. The number of benzene rings is 4. The fraction of sp³-hybridized carbons (Fsp3) is 0.357. The first-order valence-corrected chi connectivity index (χ1v) is 17.9. The summed E-state index contributed by atoms with van der Waals surface area (Å²) in [5.74, 6) is 5.28. The van der Waals surface area contributed by atoms with Crippen LogP contribution in [0.4, 0.5) is 0 Å². The van der Waals surface area contributed by atoms with Crippen molar-refractivity contribution in [2.24, 2.45) is 0 Å². The summed E-state index contributed by atoms with van der Waals surface area (Å²) in [5.41, 5.74) is 8.10. The van der Waals surface area contributed by atoms with Gasteiger partial charge in [0, 0.05) is 48.7 Å². The SMILES string of the molecule is COc1ccc2cc1Oc1ccc(cc1)CC1c3cc(c(OC)cc3CCN1C)Oc1c(OC)c(OC)c(Cn3cccn3)c3c1C(C2)N(C)CC3. The summed E-state index contributed by atoms with van der Waals surface area (Å²) in [6.45, 7) is 2.32. The predicted octanol–water partition coefficient (Wildman–Crippen LogP) is 7.41. The largest absolute Gasteiger partial charge is 0.493 e. The summed E-state index contributed by atoms with van der Waals surface area (Å²) in [7, 11) is 11.1. The minimum atomic E-state index is -0.0724. The molecule has 0 amide bonds. The van der Waals surface area contributed by atoms with Gasteiger partial charge >= 0.3 is 0 Å². The number of methoxy groups -OCH3 is 4. The molecule has 0 saturated carbocycles. The molecule has 4 aliphatic rings. The van der Waals surface area contributed by atoms with Gasteiger partial charge in [0.1, 0.15) is 5.75 Å². The second-order valence-corrected chi connectivity index (χ2v) is 13.9. The molecule has 0 aliphatic carbocycles. The number of hydrogen-bond acceptors (Lipinski definition) is 9. The van der Waals surface area contributed by atoms with Gasteiger partial charge in [0.25, 0.3) is 0 Å². The number of likely N-dealkylation sites (N-methyl/N-ethyl adjacent to an activating group) is 2. The van der Waals surface area contributed by atoms with Crippen molar-refractivity contribution in [2.45, 2.75) is 44.3 Å². The highest BCUT2D eigenvalue weighted by Crippen LogP contribution is 2.54. The Balaban J connectivity index is 1.39. The van der Waals surface area contributed by atoms with Crippen molar-refractivity contribution in [3.05, 3.63) is 112 Å². The summed E-state index contributed by atoms with van der Waals surface area (Å²) in [6.07, 6.45) is 7.01. The zero-order valence-corrected chi connectivity index (χ0v) is 30.8. The lowest BCUT2D eigenvalue weighted by molar-refractivity contribution is 0.219. The van der Waals surface area contributed by atoms with Crippen molar-refractivity contribution < 1.29 is 28.4 Å². The lowest BCUT2D eigenvalue weighted by Crippen LogP contribution is -2.35. The Morgan fingerprint density at radius 2 is 1.44 bits per heavy atom. The van der Waals surface area contributed by atoms with Gasteiger partial charge in [-0.3, -0.25) is 14.5 Å². The zero-order valence-electron chi connectivity index (χ0n) is 30.8. The van der Waals surface area contributed by atoms with E-state index in [1.807, 2.05) is 23.0 Å². The first-order valence-electron chi connectivity index (χ1n) is 17.9. The number of ether oxygens (including phenoxy) is 6. The maximum absolute atomic E-state index is 7.20. The van der Waals surface area contributed by atoms with E-state index in [9.17, 15) is 0 Å². The molecule has 52 heavy (non-hydrogen) atoms. The normalized spacial score (nSPS) is 18.3. The number of fused-ring (bicyclic) bond motifs is 2. The molecule has 10 heteroatoms. The molecule has 2 atom stereocenters. The molecular weight excluding hydrogens is 656 g/mol. The number of aromatic nitrogens is 2. The molecule has 10 nitrogen and oxygen atoms in total. The zero-order chi connectivity index (χ0) is 35.9. The van der Waals surface area contributed by atoms with Crippen molar-refractivity contribution in [3.8, 4) is 46.0 Å². The topological polar surface area (TPSA) is 79.7 Å². The van der Waals surface area contributed by atoms with Gasteiger partial charge in [0.15, 0.2) is 34.5 Å². The Morgan fingerprint density at radius 3 is 2.17 bits per heavy atom. The molecule has 4 aliphatic heterocycles. The third-order valence-electron chi connectivity index (χ3n) is 11.0. The fourth-order valence-electron chi connectivity index (χ4n) is 8.23. The van der Waals surface area contributed by atoms with E-state index < -0.39 is 0 Å². The van der Waals surface area contributed by atoms with E-state index in [0.717, 1.165) is 54.8 Å². The van der Waals surface area contributed by atoms with Crippen molar-refractivity contribution in [1.29, 1.82) is 0 Å². The van der Waals surface area contributed by atoms with E-state index in [4.69, 9.17) is 28.4 Å². The van der Waals surface area contributed by atoms with Crippen LogP contribution in [0.3, 0.4) is 0 Å². The average Bonchev–Trinajstić information content (AvgIpc) is 3.68. The van der Waals surface area contributed by atoms with Crippen molar-refractivity contribution in [1.82, 2.24) is 19.6 Å². The van der Waals surface area contributed by atoms with Crippen LogP contribution in [0.5, 0.6) is 46.0 Å². The average molecular weight is 703 g/mol. The van der Waals surface area contributed by atoms with Gasteiger partial charge in [-0.25, -0.2) is 0 Å². The molecule has 0 radical (unpaired) electrons. The monoisotopic (exact) mass is 702 g/mol. The highest BCUT2D eigenvalue weighted by Gasteiger charge is 2.37. The molecule has 270 valence electrons. The standard InChI is InChI=1S/C42H46N4O6/c1-44-18-14-28-23-36(48-4)38-24-31(28)33(44)20-26-8-11-29(12-9-26)51-37-22-27(10-13-35(37)47-3)21-34-39-30(15-19-45(34)2)32(25-46-17-7-16-43-46)40(49-5)42(50-6)41(39)52-38/h7-13,16-17,22-24,33-34H,14-15,18-21,25H2,1-6H3. The Bertz CT molecular complexity index is 2080. The van der Waals surface area contributed by atoms with Crippen molar-refractivity contribution in [3.63, 3.8) is 0 Å². The van der Waals surface area contributed by atoms with Crippen LogP contribution in [-0.2, 0) is 32.2 Å². The minimum Gasteiger partial charge on any atom is -0.493 e. The molecule has 6 bridgehead atoms. The molecular formula is C42H46N4O6. The number of rotatable bonds is 6. The summed E-state index contributed by atoms with van der Waals surface area (Å²) < 4.78 is 40.0. The Morgan fingerprint density at radius 1 is 0.731 bits per heavy atom. The van der Waals surface area contributed by atoms with Crippen LogP contribution in [0.1, 0.15) is 51.0 Å². The van der Waals surface area contributed by atoms with Gasteiger partial charge < -0.3 is 28.4 Å². The van der Waals surface area contributed by atoms with Gasteiger partial charge in [0.2, 0.25) is 5.75 Å². The second kappa shape index (κ2) is 14.1. The van der Waals surface area contributed by atoms with Gasteiger partial charge in [-0.15, -0.1) is 0 Å². The summed E-state index contributed by atoms with van der Waals surface area (Å²) in [6, 6.07) is 21.0. The van der Waals surface area contributed by atoms with Gasteiger partial charge in [-0.2, -0.15) is 5.10 Å². The molecule has 5 heterocycles. The molecule has 0 saturated heterocycles. The first kappa shape index (κ1) is 33.9. The summed E-state index contributed by atoms with van der Waals surface area (Å²) in [5, 5.41) is 4.56. The van der Waals surface area contributed by atoms with Crippen LogP contribution in [0.15, 0.2) is 73.1 Å². The molecule has 2 unspecified atom stereocenters. The Hall–Kier alpha value is -5.19. The predicted molar refractivity (Wildman–Crippen MR) is 199 cm³/mol. The van der Waals surface area contributed by atoms with Gasteiger partial charge in [-0.1, -0.05) is 18.2 Å².